The summed E-state index contributed by atoms with van der Waals surface area (Å²) in [5.74, 6) is 0.829. The molecule has 0 aromatic carbocycles. The van der Waals surface area contributed by atoms with Gasteiger partial charge in [-0.25, -0.2) is 0 Å². The van der Waals surface area contributed by atoms with Gasteiger partial charge in [0, 0.05) is 12.6 Å². The van der Waals surface area contributed by atoms with Gasteiger partial charge in [-0.15, -0.1) is 0 Å². The molecule has 2 heteroatoms. The molecule has 0 amide bonds. The Kier molecular flexibility index (Phi) is 7.29. The van der Waals surface area contributed by atoms with E-state index in [4.69, 9.17) is 0 Å². The minimum Gasteiger partial charge on any atom is -0.317 e. The van der Waals surface area contributed by atoms with E-state index in [1.54, 1.807) is 0 Å². The summed E-state index contributed by atoms with van der Waals surface area (Å²) in [7, 11) is 4.24. The third-order valence-electron chi connectivity index (χ3n) is 2.76. The highest BCUT2D eigenvalue weighted by Crippen LogP contribution is 2.03. The molecule has 0 aromatic rings. The standard InChI is InChI=1S/C11H26N2/c1-6-10(2)9-13(5)8-7-11(3)12-4/h10-12H,6-9H2,1-5H3. The molecular weight excluding hydrogens is 160 g/mol. The molecule has 0 aliphatic carbocycles. The smallest absolute Gasteiger partial charge is 0.00478 e. The van der Waals surface area contributed by atoms with Crippen LogP contribution in [0, 0.1) is 5.92 Å². The van der Waals surface area contributed by atoms with E-state index in [1.165, 1.54) is 25.9 Å². The summed E-state index contributed by atoms with van der Waals surface area (Å²) in [4.78, 5) is 2.43. The normalized spacial score (nSPS) is 16.2. The van der Waals surface area contributed by atoms with Crippen LogP contribution < -0.4 is 5.32 Å². The molecule has 0 spiro atoms. The quantitative estimate of drug-likeness (QED) is 0.654. The van der Waals surface area contributed by atoms with Gasteiger partial charge >= 0.3 is 0 Å². The maximum Gasteiger partial charge on any atom is 0.00478 e. The summed E-state index contributed by atoms with van der Waals surface area (Å²) in [5.41, 5.74) is 0. The van der Waals surface area contributed by atoms with Crippen LogP contribution in [-0.4, -0.2) is 38.1 Å². The molecule has 0 saturated heterocycles. The van der Waals surface area contributed by atoms with Gasteiger partial charge in [0.1, 0.15) is 0 Å². The van der Waals surface area contributed by atoms with Crippen LogP contribution in [0.4, 0.5) is 0 Å². The predicted octanol–water partition coefficient (Wildman–Crippen LogP) is 1.96. The third-order valence-corrected chi connectivity index (χ3v) is 2.76. The van der Waals surface area contributed by atoms with Gasteiger partial charge in [-0.1, -0.05) is 20.3 Å². The second kappa shape index (κ2) is 7.34. The van der Waals surface area contributed by atoms with Gasteiger partial charge in [0.15, 0.2) is 0 Å². The Morgan fingerprint density at radius 1 is 1.31 bits per heavy atom. The first kappa shape index (κ1) is 12.9. The zero-order valence-corrected chi connectivity index (χ0v) is 9.93. The molecule has 2 atom stereocenters. The monoisotopic (exact) mass is 186 g/mol. The highest BCUT2D eigenvalue weighted by molar-refractivity contribution is 4.62. The number of rotatable bonds is 7. The number of hydrogen-bond acceptors (Lipinski definition) is 2. The summed E-state index contributed by atoms with van der Waals surface area (Å²) >= 11 is 0. The Morgan fingerprint density at radius 2 is 1.92 bits per heavy atom. The van der Waals surface area contributed by atoms with Crippen molar-refractivity contribution in [2.24, 2.45) is 5.92 Å². The Hall–Kier alpha value is -0.0800. The average molecular weight is 186 g/mol. The highest BCUT2D eigenvalue weighted by atomic mass is 15.1. The fraction of sp³-hybridized carbons (Fsp3) is 1.00. The average Bonchev–Trinajstić information content (AvgIpc) is 2.13. The van der Waals surface area contributed by atoms with Crippen molar-refractivity contribution in [3.05, 3.63) is 0 Å². The lowest BCUT2D eigenvalue weighted by molar-refractivity contribution is 0.270. The Labute approximate surface area is 83.7 Å². The molecule has 0 fully saturated rings. The zero-order chi connectivity index (χ0) is 10.3. The van der Waals surface area contributed by atoms with Crippen LogP contribution in [0.3, 0.4) is 0 Å². The van der Waals surface area contributed by atoms with E-state index in [9.17, 15) is 0 Å². The van der Waals surface area contributed by atoms with E-state index >= 15 is 0 Å². The van der Waals surface area contributed by atoms with Crippen LogP contribution in [0.15, 0.2) is 0 Å². The minimum atomic E-state index is 0.638. The lowest BCUT2D eigenvalue weighted by atomic mass is 10.1. The molecular formula is C11H26N2. The van der Waals surface area contributed by atoms with Gasteiger partial charge < -0.3 is 10.2 Å². The van der Waals surface area contributed by atoms with Crippen molar-refractivity contribution in [1.82, 2.24) is 10.2 Å². The van der Waals surface area contributed by atoms with Gasteiger partial charge in [-0.3, -0.25) is 0 Å². The Bertz CT molecular complexity index is 115. The summed E-state index contributed by atoms with van der Waals surface area (Å²) in [6.45, 7) is 9.24. The summed E-state index contributed by atoms with van der Waals surface area (Å²) in [6.07, 6.45) is 2.52. The minimum absolute atomic E-state index is 0.638. The van der Waals surface area contributed by atoms with E-state index in [0.717, 1.165) is 5.92 Å². The first-order valence-corrected chi connectivity index (χ1v) is 5.45. The maximum absolute atomic E-state index is 3.26. The molecule has 0 heterocycles. The first-order chi connectivity index (χ1) is 6.10. The van der Waals surface area contributed by atoms with Crippen LogP contribution in [0.5, 0.6) is 0 Å². The van der Waals surface area contributed by atoms with Crippen LogP contribution in [0.25, 0.3) is 0 Å². The summed E-state index contributed by atoms with van der Waals surface area (Å²) in [5, 5.41) is 3.26. The number of nitrogens with one attached hydrogen (secondary N) is 1. The Balaban J connectivity index is 3.45. The van der Waals surface area contributed by atoms with E-state index < -0.39 is 0 Å². The molecule has 13 heavy (non-hydrogen) atoms. The van der Waals surface area contributed by atoms with Crippen LogP contribution >= 0.6 is 0 Å². The van der Waals surface area contributed by atoms with Crippen LogP contribution in [0.2, 0.25) is 0 Å². The molecule has 80 valence electrons. The fourth-order valence-electron chi connectivity index (χ4n) is 1.31. The van der Waals surface area contributed by atoms with Crippen molar-refractivity contribution in [3.8, 4) is 0 Å². The van der Waals surface area contributed by atoms with Crippen molar-refractivity contribution in [1.29, 1.82) is 0 Å². The zero-order valence-electron chi connectivity index (χ0n) is 9.93. The SMILES string of the molecule is CCC(C)CN(C)CCC(C)NC. The molecule has 0 aliphatic rings. The topological polar surface area (TPSA) is 15.3 Å². The molecule has 0 radical (unpaired) electrons. The molecule has 0 aliphatic heterocycles. The van der Waals surface area contributed by atoms with Crippen molar-refractivity contribution < 1.29 is 0 Å². The maximum atomic E-state index is 3.26. The van der Waals surface area contributed by atoms with Gasteiger partial charge in [0.2, 0.25) is 0 Å². The molecule has 2 nitrogen and oxygen atoms in total. The summed E-state index contributed by atoms with van der Waals surface area (Å²) < 4.78 is 0. The molecule has 2 unspecified atom stereocenters. The van der Waals surface area contributed by atoms with E-state index in [0.29, 0.717) is 6.04 Å². The molecule has 1 N–H and O–H groups in total. The largest absolute Gasteiger partial charge is 0.317 e. The van der Waals surface area contributed by atoms with Crippen molar-refractivity contribution in [2.45, 2.75) is 39.7 Å². The first-order valence-electron chi connectivity index (χ1n) is 5.45. The van der Waals surface area contributed by atoms with E-state index in [-0.39, 0.29) is 0 Å². The van der Waals surface area contributed by atoms with Gasteiger partial charge in [0.25, 0.3) is 0 Å². The second-order valence-corrected chi connectivity index (χ2v) is 4.25. The van der Waals surface area contributed by atoms with Crippen molar-refractivity contribution in [2.75, 3.05) is 27.2 Å². The number of nitrogens with zero attached hydrogens (tertiary/aromatic N) is 1. The van der Waals surface area contributed by atoms with Crippen molar-refractivity contribution >= 4 is 0 Å². The van der Waals surface area contributed by atoms with Gasteiger partial charge in [0.05, 0.1) is 0 Å². The predicted molar refractivity (Wildman–Crippen MR) is 60.1 cm³/mol. The lowest BCUT2D eigenvalue weighted by Gasteiger charge is -2.21. The second-order valence-electron chi connectivity index (χ2n) is 4.25. The van der Waals surface area contributed by atoms with Crippen molar-refractivity contribution in [3.63, 3.8) is 0 Å². The van der Waals surface area contributed by atoms with Gasteiger partial charge in [-0.05, 0) is 39.9 Å². The number of hydrogen-bond donors (Lipinski definition) is 1. The summed E-state index contributed by atoms with van der Waals surface area (Å²) in [6, 6.07) is 0.638. The Morgan fingerprint density at radius 3 is 2.38 bits per heavy atom. The van der Waals surface area contributed by atoms with E-state index in [2.05, 4.69) is 38.0 Å². The highest BCUT2D eigenvalue weighted by Gasteiger charge is 2.05. The van der Waals surface area contributed by atoms with E-state index in [1.807, 2.05) is 7.05 Å². The molecule has 0 rings (SSSR count). The molecule has 0 bridgehead atoms. The van der Waals surface area contributed by atoms with Crippen LogP contribution in [0.1, 0.15) is 33.6 Å². The lowest BCUT2D eigenvalue weighted by Crippen LogP contribution is -2.30. The fourth-order valence-corrected chi connectivity index (χ4v) is 1.31. The molecule has 0 saturated carbocycles. The van der Waals surface area contributed by atoms with Gasteiger partial charge in [-0.2, -0.15) is 0 Å². The molecule has 0 aromatic heterocycles. The third kappa shape index (κ3) is 7.03. The van der Waals surface area contributed by atoms with Crippen LogP contribution in [-0.2, 0) is 0 Å².